The molecule has 2 rings (SSSR count). The summed E-state index contributed by atoms with van der Waals surface area (Å²) < 4.78 is 32.0. The van der Waals surface area contributed by atoms with Gasteiger partial charge in [0.2, 0.25) is 10.0 Å². The van der Waals surface area contributed by atoms with E-state index in [2.05, 4.69) is 0 Å². The van der Waals surface area contributed by atoms with Crippen molar-refractivity contribution in [1.29, 1.82) is 0 Å². The summed E-state index contributed by atoms with van der Waals surface area (Å²) in [6, 6.07) is 7.08. The van der Waals surface area contributed by atoms with Gasteiger partial charge in [-0.3, -0.25) is 4.31 Å². The molecule has 7 heteroatoms. The van der Waals surface area contributed by atoms with E-state index in [4.69, 9.17) is 22.7 Å². The van der Waals surface area contributed by atoms with Crippen molar-refractivity contribution in [2.45, 2.75) is 18.6 Å². The van der Waals surface area contributed by atoms with Crippen LogP contribution in [0.4, 0.5) is 5.69 Å². The number of thiocarbonyl (C=S) groups is 1. The summed E-state index contributed by atoms with van der Waals surface area (Å²) >= 11 is 4.81. The number of nitrogens with zero attached hydrogens (tertiary/aromatic N) is 1. The Bertz CT molecular complexity index is 586. The number of para-hydroxylation sites is 2. The molecule has 1 unspecified atom stereocenters. The van der Waals surface area contributed by atoms with E-state index in [0.717, 1.165) is 0 Å². The molecule has 1 heterocycles. The third-order valence-electron chi connectivity index (χ3n) is 3.05. The SMILES string of the molecule is CC(C(N)=S)S(=O)(=O)N1CCCOc2ccccc21. The first-order valence-electron chi connectivity index (χ1n) is 5.97. The Labute approximate surface area is 118 Å². The van der Waals surface area contributed by atoms with Gasteiger partial charge in [0, 0.05) is 13.0 Å². The molecular weight excluding hydrogens is 284 g/mol. The maximum atomic E-state index is 12.5. The molecule has 1 aromatic rings. The molecule has 19 heavy (non-hydrogen) atoms. The fraction of sp³-hybridized carbons (Fsp3) is 0.417. The number of nitrogens with two attached hydrogens (primary N) is 1. The van der Waals surface area contributed by atoms with Crippen molar-refractivity contribution >= 4 is 32.9 Å². The van der Waals surface area contributed by atoms with Crippen LogP contribution in [0.15, 0.2) is 24.3 Å². The lowest BCUT2D eigenvalue weighted by molar-refractivity contribution is 0.322. The molecule has 0 saturated heterocycles. The van der Waals surface area contributed by atoms with E-state index >= 15 is 0 Å². The van der Waals surface area contributed by atoms with Crippen LogP contribution in [0.25, 0.3) is 0 Å². The highest BCUT2D eigenvalue weighted by atomic mass is 32.2. The van der Waals surface area contributed by atoms with Crippen LogP contribution in [0.3, 0.4) is 0 Å². The molecule has 2 N–H and O–H groups in total. The van der Waals surface area contributed by atoms with Crippen LogP contribution in [0, 0.1) is 0 Å². The summed E-state index contributed by atoms with van der Waals surface area (Å²) in [5.41, 5.74) is 6.03. The van der Waals surface area contributed by atoms with Crippen LogP contribution in [-0.2, 0) is 10.0 Å². The molecule has 5 nitrogen and oxygen atoms in total. The van der Waals surface area contributed by atoms with E-state index < -0.39 is 15.3 Å². The van der Waals surface area contributed by atoms with E-state index in [1.807, 2.05) is 6.07 Å². The minimum Gasteiger partial charge on any atom is -0.491 e. The molecule has 0 radical (unpaired) electrons. The topological polar surface area (TPSA) is 72.6 Å². The Morgan fingerprint density at radius 3 is 2.84 bits per heavy atom. The summed E-state index contributed by atoms with van der Waals surface area (Å²) in [7, 11) is -3.61. The lowest BCUT2D eigenvalue weighted by Crippen LogP contribution is -2.43. The molecule has 0 saturated carbocycles. The van der Waals surface area contributed by atoms with Gasteiger partial charge in [-0.2, -0.15) is 0 Å². The monoisotopic (exact) mass is 300 g/mol. The highest BCUT2D eigenvalue weighted by molar-refractivity contribution is 7.95. The zero-order valence-corrected chi connectivity index (χ0v) is 12.2. The van der Waals surface area contributed by atoms with Gasteiger partial charge in [0.05, 0.1) is 17.3 Å². The highest BCUT2D eigenvalue weighted by Crippen LogP contribution is 2.33. The molecule has 0 bridgehead atoms. The average Bonchev–Trinajstić information content (AvgIpc) is 2.60. The predicted molar refractivity (Wildman–Crippen MR) is 79.1 cm³/mol. The van der Waals surface area contributed by atoms with E-state index in [1.54, 1.807) is 18.2 Å². The first-order valence-corrected chi connectivity index (χ1v) is 7.88. The maximum absolute atomic E-state index is 12.5. The van der Waals surface area contributed by atoms with E-state index in [9.17, 15) is 8.42 Å². The number of hydrogen-bond donors (Lipinski definition) is 1. The quantitative estimate of drug-likeness (QED) is 0.851. The molecule has 1 aromatic carbocycles. The van der Waals surface area contributed by atoms with Crippen molar-refractivity contribution < 1.29 is 13.2 Å². The first-order chi connectivity index (χ1) is 8.94. The molecule has 1 atom stereocenters. The Balaban J connectivity index is 2.48. The Kier molecular flexibility index (Phi) is 3.96. The van der Waals surface area contributed by atoms with Gasteiger partial charge < -0.3 is 10.5 Å². The molecule has 0 spiro atoms. The van der Waals surface area contributed by atoms with Gasteiger partial charge in [-0.25, -0.2) is 8.42 Å². The first kappa shape index (κ1) is 14.1. The van der Waals surface area contributed by atoms with E-state index in [-0.39, 0.29) is 4.99 Å². The molecule has 0 aliphatic carbocycles. The third-order valence-corrected chi connectivity index (χ3v) is 5.70. The van der Waals surface area contributed by atoms with Gasteiger partial charge in [0.25, 0.3) is 0 Å². The van der Waals surface area contributed by atoms with Crippen LogP contribution in [0.5, 0.6) is 5.75 Å². The van der Waals surface area contributed by atoms with Crippen molar-refractivity contribution in [2.75, 3.05) is 17.5 Å². The van der Waals surface area contributed by atoms with Crippen molar-refractivity contribution in [3.8, 4) is 5.75 Å². The Morgan fingerprint density at radius 2 is 2.16 bits per heavy atom. The molecule has 0 aromatic heterocycles. The summed E-state index contributed by atoms with van der Waals surface area (Å²) in [6.07, 6.45) is 0.623. The van der Waals surface area contributed by atoms with Crippen molar-refractivity contribution in [2.24, 2.45) is 5.73 Å². The zero-order chi connectivity index (χ0) is 14.0. The van der Waals surface area contributed by atoms with Gasteiger partial charge in [0.15, 0.2) is 0 Å². The molecule has 0 amide bonds. The molecule has 0 fully saturated rings. The number of hydrogen-bond acceptors (Lipinski definition) is 4. The number of ether oxygens (including phenoxy) is 1. The third kappa shape index (κ3) is 2.66. The van der Waals surface area contributed by atoms with Gasteiger partial charge >= 0.3 is 0 Å². The van der Waals surface area contributed by atoms with Gasteiger partial charge in [-0.15, -0.1) is 0 Å². The number of anilines is 1. The lowest BCUT2D eigenvalue weighted by Gasteiger charge is -2.26. The summed E-state index contributed by atoms with van der Waals surface area (Å²) in [6.45, 7) is 2.36. The number of rotatable bonds is 3. The van der Waals surface area contributed by atoms with Crippen LogP contribution in [0.1, 0.15) is 13.3 Å². The smallest absolute Gasteiger partial charge is 0.244 e. The average molecular weight is 300 g/mol. The molecular formula is C12H16N2O3S2. The largest absolute Gasteiger partial charge is 0.491 e. The number of benzene rings is 1. The second kappa shape index (κ2) is 5.34. The minimum atomic E-state index is -3.61. The van der Waals surface area contributed by atoms with Crippen LogP contribution < -0.4 is 14.8 Å². The van der Waals surface area contributed by atoms with Gasteiger partial charge in [0.1, 0.15) is 11.0 Å². The summed E-state index contributed by atoms with van der Waals surface area (Å²) in [5, 5.41) is -0.895. The van der Waals surface area contributed by atoms with Crippen LogP contribution in [0.2, 0.25) is 0 Å². The normalized spacial score (nSPS) is 17.0. The van der Waals surface area contributed by atoms with E-state index in [1.165, 1.54) is 11.2 Å². The standard InChI is InChI=1S/C12H16N2O3S2/c1-9(12(13)18)19(15,16)14-7-4-8-17-11-6-3-2-5-10(11)14/h2-3,5-6,9H,4,7-8H2,1H3,(H2,13,18). The second-order valence-corrected chi connectivity index (χ2v) is 6.98. The minimum absolute atomic E-state index is 0.0253. The second-order valence-electron chi connectivity index (χ2n) is 4.33. The van der Waals surface area contributed by atoms with Crippen LogP contribution in [-0.4, -0.2) is 31.8 Å². The lowest BCUT2D eigenvalue weighted by atomic mass is 10.3. The Morgan fingerprint density at radius 1 is 1.47 bits per heavy atom. The molecule has 1 aliphatic rings. The Hall–Kier alpha value is -1.34. The number of sulfonamides is 1. The highest BCUT2D eigenvalue weighted by Gasteiger charge is 2.33. The fourth-order valence-electron chi connectivity index (χ4n) is 1.90. The predicted octanol–water partition coefficient (Wildman–Crippen LogP) is 1.28. The van der Waals surface area contributed by atoms with E-state index in [0.29, 0.717) is 31.0 Å². The summed E-state index contributed by atoms with van der Waals surface area (Å²) in [4.78, 5) is -0.0253. The fourth-order valence-corrected chi connectivity index (χ4v) is 3.75. The van der Waals surface area contributed by atoms with Crippen molar-refractivity contribution in [1.82, 2.24) is 0 Å². The van der Waals surface area contributed by atoms with Crippen molar-refractivity contribution in [3.63, 3.8) is 0 Å². The van der Waals surface area contributed by atoms with Gasteiger partial charge in [-0.05, 0) is 19.1 Å². The van der Waals surface area contributed by atoms with Crippen LogP contribution >= 0.6 is 12.2 Å². The van der Waals surface area contributed by atoms with Gasteiger partial charge in [-0.1, -0.05) is 24.4 Å². The molecule has 104 valence electrons. The number of fused-ring (bicyclic) bond motifs is 1. The maximum Gasteiger partial charge on any atom is 0.244 e. The summed E-state index contributed by atoms with van der Waals surface area (Å²) in [5.74, 6) is 0.568. The molecule has 1 aliphatic heterocycles. The zero-order valence-electron chi connectivity index (χ0n) is 10.6. The van der Waals surface area contributed by atoms with Crippen molar-refractivity contribution in [3.05, 3.63) is 24.3 Å².